The zero-order valence-corrected chi connectivity index (χ0v) is 13.9. The second-order valence-corrected chi connectivity index (χ2v) is 5.54. The van der Waals surface area contributed by atoms with E-state index in [1.165, 1.54) is 30.5 Å². The second kappa shape index (κ2) is 8.96. The Hall–Kier alpha value is -1.09. The minimum absolute atomic E-state index is 0.573. The van der Waals surface area contributed by atoms with Crippen LogP contribution < -0.4 is 10.2 Å². The number of anilines is 1. The lowest BCUT2D eigenvalue weighted by atomic mass is 10.1. The van der Waals surface area contributed by atoms with Crippen LogP contribution in [0.3, 0.4) is 0 Å². The van der Waals surface area contributed by atoms with Crippen LogP contribution in [0.4, 0.5) is 5.69 Å². The van der Waals surface area contributed by atoms with Crippen LogP contribution in [0.2, 0.25) is 0 Å². The fourth-order valence-electron chi connectivity index (χ4n) is 2.36. The lowest BCUT2D eigenvalue weighted by Gasteiger charge is -2.32. The summed E-state index contributed by atoms with van der Waals surface area (Å²) in [6.45, 7) is 14.1. The maximum absolute atomic E-state index is 4.47. The van der Waals surface area contributed by atoms with Crippen LogP contribution in [0.25, 0.3) is 0 Å². The van der Waals surface area contributed by atoms with Crippen molar-refractivity contribution in [1.82, 2.24) is 10.3 Å². The van der Waals surface area contributed by atoms with Crippen molar-refractivity contribution in [3.63, 3.8) is 0 Å². The molecular weight excluding hydrogens is 246 g/mol. The summed E-state index contributed by atoms with van der Waals surface area (Å²) in [6.07, 6.45) is 5.69. The third kappa shape index (κ3) is 4.78. The van der Waals surface area contributed by atoms with E-state index in [-0.39, 0.29) is 0 Å². The molecule has 1 aromatic rings. The minimum atomic E-state index is 0.573. The van der Waals surface area contributed by atoms with E-state index in [0.29, 0.717) is 6.04 Å². The third-order valence-electron chi connectivity index (χ3n) is 3.85. The monoisotopic (exact) mass is 277 g/mol. The van der Waals surface area contributed by atoms with Crippen molar-refractivity contribution >= 4 is 5.69 Å². The summed E-state index contributed by atoms with van der Waals surface area (Å²) in [5.41, 5.74) is 3.78. The molecule has 1 aromatic heterocycles. The molecule has 1 heterocycles. The van der Waals surface area contributed by atoms with Gasteiger partial charge in [-0.15, -0.1) is 0 Å². The molecule has 0 bridgehead atoms. The highest BCUT2D eigenvalue weighted by Crippen LogP contribution is 2.24. The maximum atomic E-state index is 4.47. The lowest BCUT2D eigenvalue weighted by Crippen LogP contribution is -2.35. The molecule has 1 N–H and O–H groups in total. The Labute approximate surface area is 124 Å². The van der Waals surface area contributed by atoms with Gasteiger partial charge in [-0.05, 0) is 39.3 Å². The number of nitrogens with one attached hydrogen (secondary N) is 1. The van der Waals surface area contributed by atoms with Crippen molar-refractivity contribution in [3.05, 3.63) is 23.5 Å². The Kier molecular flexibility index (Phi) is 7.60. The molecule has 0 saturated carbocycles. The van der Waals surface area contributed by atoms with Gasteiger partial charge >= 0.3 is 0 Å². The first-order valence-corrected chi connectivity index (χ1v) is 8.06. The summed E-state index contributed by atoms with van der Waals surface area (Å²) in [6, 6.07) is 2.82. The lowest BCUT2D eigenvalue weighted by molar-refractivity contribution is 0.590. The molecule has 0 aromatic carbocycles. The Bertz CT molecular complexity index is 390. The molecule has 0 radical (unpaired) electrons. The highest BCUT2D eigenvalue weighted by atomic mass is 15.2. The molecule has 0 aliphatic rings. The van der Waals surface area contributed by atoms with Crippen molar-refractivity contribution < 1.29 is 0 Å². The Morgan fingerprint density at radius 1 is 1.30 bits per heavy atom. The first-order chi connectivity index (χ1) is 9.63. The first kappa shape index (κ1) is 17.0. The van der Waals surface area contributed by atoms with Gasteiger partial charge in [0.05, 0.1) is 0 Å². The maximum Gasteiger partial charge on any atom is 0.0447 e. The Morgan fingerprint density at radius 2 is 2.05 bits per heavy atom. The SMILES string of the molecule is CCCCN(c1cc(C)ncc1CNCC)C(C)CC. The smallest absolute Gasteiger partial charge is 0.0447 e. The van der Waals surface area contributed by atoms with Crippen LogP contribution in [0, 0.1) is 6.92 Å². The first-order valence-electron chi connectivity index (χ1n) is 8.06. The van der Waals surface area contributed by atoms with Gasteiger partial charge in [0.2, 0.25) is 0 Å². The van der Waals surface area contributed by atoms with Crippen molar-refractivity contribution in [2.75, 3.05) is 18.0 Å². The molecule has 1 rings (SSSR count). The van der Waals surface area contributed by atoms with Crippen LogP contribution in [0.15, 0.2) is 12.3 Å². The fourth-order valence-corrected chi connectivity index (χ4v) is 2.36. The molecule has 0 amide bonds. The number of nitrogens with zero attached hydrogens (tertiary/aromatic N) is 2. The zero-order chi connectivity index (χ0) is 15.0. The van der Waals surface area contributed by atoms with E-state index in [4.69, 9.17) is 0 Å². The molecule has 0 aliphatic heterocycles. The second-order valence-electron chi connectivity index (χ2n) is 5.54. The van der Waals surface area contributed by atoms with Crippen LogP contribution in [-0.4, -0.2) is 24.1 Å². The Morgan fingerprint density at radius 3 is 2.65 bits per heavy atom. The minimum Gasteiger partial charge on any atom is -0.368 e. The largest absolute Gasteiger partial charge is 0.368 e. The Balaban J connectivity index is 3.04. The molecule has 114 valence electrons. The van der Waals surface area contributed by atoms with Gasteiger partial charge in [0.25, 0.3) is 0 Å². The zero-order valence-electron chi connectivity index (χ0n) is 13.9. The standard InChI is InChI=1S/C17H31N3/c1-6-9-10-20(15(5)7-2)17-11-14(4)19-13-16(17)12-18-8-3/h11,13,15,18H,6-10,12H2,1-5H3. The van der Waals surface area contributed by atoms with Crippen LogP contribution in [-0.2, 0) is 6.54 Å². The van der Waals surface area contributed by atoms with E-state index in [2.05, 4.69) is 55.9 Å². The van der Waals surface area contributed by atoms with Gasteiger partial charge in [-0.2, -0.15) is 0 Å². The molecule has 0 spiro atoms. The van der Waals surface area contributed by atoms with Crippen LogP contribution in [0.5, 0.6) is 0 Å². The fraction of sp³-hybridized carbons (Fsp3) is 0.706. The predicted octanol–water partition coefficient (Wildman–Crippen LogP) is 3.90. The van der Waals surface area contributed by atoms with E-state index in [0.717, 1.165) is 25.3 Å². The molecule has 1 unspecified atom stereocenters. The average molecular weight is 277 g/mol. The van der Waals surface area contributed by atoms with Gasteiger partial charge in [0.1, 0.15) is 0 Å². The van der Waals surface area contributed by atoms with Gasteiger partial charge in [-0.25, -0.2) is 0 Å². The van der Waals surface area contributed by atoms with Crippen LogP contribution >= 0.6 is 0 Å². The van der Waals surface area contributed by atoms with Gasteiger partial charge in [-0.3, -0.25) is 4.98 Å². The molecule has 0 fully saturated rings. The van der Waals surface area contributed by atoms with Crippen LogP contribution in [0.1, 0.15) is 58.2 Å². The van der Waals surface area contributed by atoms with Gasteiger partial charge in [0, 0.05) is 42.3 Å². The molecule has 3 nitrogen and oxygen atoms in total. The van der Waals surface area contributed by atoms with E-state index >= 15 is 0 Å². The summed E-state index contributed by atoms with van der Waals surface area (Å²) in [5.74, 6) is 0. The average Bonchev–Trinajstić information content (AvgIpc) is 2.46. The normalized spacial score (nSPS) is 12.4. The number of aryl methyl sites for hydroxylation is 1. The third-order valence-corrected chi connectivity index (χ3v) is 3.85. The van der Waals surface area contributed by atoms with Crippen molar-refractivity contribution in [1.29, 1.82) is 0 Å². The molecular formula is C17H31N3. The summed E-state index contributed by atoms with van der Waals surface area (Å²) in [4.78, 5) is 7.03. The molecule has 1 atom stereocenters. The van der Waals surface area contributed by atoms with Crippen molar-refractivity contribution in [2.24, 2.45) is 0 Å². The predicted molar refractivity (Wildman–Crippen MR) is 88.4 cm³/mol. The van der Waals surface area contributed by atoms with E-state index in [1.54, 1.807) is 0 Å². The van der Waals surface area contributed by atoms with Gasteiger partial charge in [-0.1, -0.05) is 27.2 Å². The molecule has 20 heavy (non-hydrogen) atoms. The van der Waals surface area contributed by atoms with Crippen molar-refractivity contribution in [2.45, 2.75) is 66.5 Å². The summed E-state index contributed by atoms with van der Waals surface area (Å²) in [5, 5.41) is 3.43. The molecule has 3 heteroatoms. The van der Waals surface area contributed by atoms with E-state index in [1.807, 2.05) is 6.20 Å². The number of hydrogen-bond acceptors (Lipinski definition) is 3. The summed E-state index contributed by atoms with van der Waals surface area (Å²) < 4.78 is 0. The highest BCUT2D eigenvalue weighted by Gasteiger charge is 2.16. The van der Waals surface area contributed by atoms with E-state index in [9.17, 15) is 0 Å². The number of pyridine rings is 1. The molecule has 0 aliphatic carbocycles. The highest BCUT2D eigenvalue weighted by molar-refractivity contribution is 5.54. The van der Waals surface area contributed by atoms with Crippen molar-refractivity contribution in [3.8, 4) is 0 Å². The number of hydrogen-bond donors (Lipinski definition) is 1. The molecule has 0 saturated heterocycles. The quantitative estimate of drug-likeness (QED) is 0.742. The summed E-state index contributed by atoms with van der Waals surface area (Å²) in [7, 11) is 0. The number of unbranched alkanes of at least 4 members (excludes halogenated alkanes) is 1. The summed E-state index contributed by atoms with van der Waals surface area (Å²) >= 11 is 0. The van der Waals surface area contributed by atoms with Gasteiger partial charge in [0.15, 0.2) is 0 Å². The number of rotatable bonds is 9. The number of aromatic nitrogens is 1. The topological polar surface area (TPSA) is 28.2 Å². The van der Waals surface area contributed by atoms with Gasteiger partial charge < -0.3 is 10.2 Å². The van der Waals surface area contributed by atoms with E-state index < -0.39 is 0 Å².